The van der Waals surface area contributed by atoms with E-state index in [-0.39, 0.29) is 11.8 Å². The highest BCUT2D eigenvalue weighted by atomic mass is 35.5. The number of anilines is 1. The number of piperidine rings is 1. The minimum atomic E-state index is -0.0502. The molecule has 1 aliphatic rings. The highest BCUT2D eigenvalue weighted by molar-refractivity contribution is 6.30. The van der Waals surface area contributed by atoms with Crippen molar-refractivity contribution < 1.29 is 4.79 Å². The predicted octanol–water partition coefficient (Wildman–Crippen LogP) is 2.29. The van der Waals surface area contributed by atoms with Crippen molar-refractivity contribution in [3.05, 3.63) is 59.6 Å². The SMILES string of the molecule is O=C(NCCc1ccc(Cl)cc1)C1CCCN(c2ccc(-n3cncn3)nn2)C1. The van der Waals surface area contributed by atoms with E-state index in [2.05, 4.69) is 30.5 Å². The summed E-state index contributed by atoms with van der Waals surface area (Å²) in [5.41, 5.74) is 1.16. The fourth-order valence-corrected chi connectivity index (χ4v) is 3.59. The standard InChI is InChI=1S/C20H22ClN7O/c21-17-5-3-15(4-6-17)9-10-23-20(29)16-2-1-11-27(12-16)18-7-8-19(26-25-18)28-14-22-13-24-28/h3-8,13-14,16H,1-2,9-12H2,(H,23,29). The first-order chi connectivity index (χ1) is 14.2. The molecular weight excluding hydrogens is 390 g/mol. The largest absolute Gasteiger partial charge is 0.355 e. The number of nitrogens with one attached hydrogen (secondary N) is 1. The molecule has 8 nitrogen and oxygen atoms in total. The lowest BCUT2D eigenvalue weighted by Crippen LogP contribution is -2.43. The average molecular weight is 412 g/mol. The molecule has 9 heteroatoms. The van der Waals surface area contributed by atoms with E-state index >= 15 is 0 Å². The molecular formula is C20H22ClN7O. The maximum atomic E-state index is 12.6. The molecule has 0 saturated carbocycles. The molecule has 0 aliphatic carbocycles. The van der Waals surface area contributed by atoms with Gasteiger partial charge in [0.1, 0.15) is 12.7 Å². The Kier molecular flexibility index (Phi) is 6.00. The number of hydrogen-bond acceptors (Lipinski definition) is 6. The average Bonchev–Trinajstić information content (AvgIpc) is 3.30. The second kappa shape index (κ2) is 9.00. The smallest absolute Gasteiger partial charge is 0.224 e. The summed E-state index contributed by atoms with van der Waals surface area (Å²) in [5, 5.41) is 16.4. The number of benzene rings is 1. The monoisotopic (exact) mass is 411 g/mol. The summed E-state index contributed by atoms with van der Waals surface area (Å²) in [6.07, 6.45) is 5.65. The van der Waals surface area contributed by atoms with Gasteiger partial charge in [-0.25, -0.2) is 9.67 Å². The van der Waals surface area contributed by atoms with Gasteiger partial charge in [0.2, 0.25) is 5.91 Å². The number of aromatic nitrogens is 5. The van der Waals surface area contributed by atoms with Crippen LogP contribution in [0.25, 0.3) is 5.82 Å². The van der Waals surface area contributed by atoms with E-state index in [1.165, 1.54) is 6.33 Å². The van der Waals surface area contributed by atoms with E-state index in [9.17, 15) is 4.79 Å². The van der Waals surface area contributed by atoms with Crippen LogP contribution in [0.2, 0.25) is 5.02 Å². The number of hydrogen-bond donors (Lipinski definition) is 1. The van der Waals surface area contributed by atoms with E-state index < -0.39 is 0 Å². The first kappa shape index (κ1) is 19.3. The zero-order valence-corrected chi connectivity index (χ0v) is 16.7. The summed E-state index contributed by atoms with van der Waals surface area (Å²) in [6.45, 7) is 2.12. The van der Waals surface area contributed by atoms with Gasteiger partial charge in [0, 0.05) is 24.7 Å². The van der Waals surface area contributed by atoms with Crippen molar-refractivity contribution in [2.24, 2.45) is 5.92 Å². The summed E-state index contributed by atoms with van der Waals surface area (Å²) in [4.78, 5) is 18.6. The summed E-state index contributed by atoms with van der Waals surface area (Å²) in [7, 11) is 0. The quantitative estimate of drug-likeness (QED) is 0.669. The first-order valence-corrected chi connectivity index (χ1v) is 10.0. The van der Waals surface area contributed by atoms with Gasteiger partial charge in [-0.15, -0.1) is 10.2 Å². The number of carbonyl (C=O) groups is 1. The highest BCUT2D eigenvalue weighted by Gasteiger charge is 2.26. The highest BCUT2D eigenvalue weighted by Crippen LogP contribution is 2.22. The van der Waals surface area contributed by atoms with Gasteiger partial charge in [0.25, 0.3) is 0 Å². The van der Waals surface area contributed by atoms with Crippen molar-refractivity contribution in [1.29, 1.82) is 0 Å². The van der Waals surface area contributed by atoms with Crippen LogP contribution in [0, 0.1) is 5.92 Å². The third kappa shape index (κ3) is 4.89. The second-order valence-electron chi connectivity index (χ2n) is 7.04. The molecule has 1 N–H and O–H groups in total. The van der Waals surface area contributed by atoms with Crippen LogP contribution in [0.1, 0.15) is 18.4 Å². The lowest BCUT2D eigenvalue weighted by molar-refractivity contribution is -0.125. The molecule has 150 valence electrons. The van der Waals surface area contributed by atoms with Crippen LogP contribution in [0.3, 0.4) is 0 Å². The molecule has 1 amide bonds. The number of rotatable bonds is 6. The molecule has 29 heavy (non-hydrogen) atoms. The molecule has 0 radical (unpaired) electrons. The van der Waals surface area contributed by atoms with Crippen LogP contribution in [-0.2, 0) is 11.2 Å². The van der Waals surface area contributed by atoms with Crippen LogP contribution in [0.5, 0.6) is 0 Å². The predicted molar refractivity (Wildman–Crippen MR) is 110 cm³/mol. The van der Waals surface area contributed by atoms with Crippen LogP contribution < -0.4 is 10.2 Å². The molecule has 1 aromatic carbocycles. The summed E-state index contributed by atoms with van der Waals surface area (Å²) < 4.78 is 1.56. The zero-order valence-electron chi connectivity index (χ0n) is 15.9. The minimum absolute atomic E-state index is 0.0502. The van der Waals surface area contributed by atoms with E-state index in [1.807, 2.05) is 36.4 Å². The Labute approximate surface area is 173 Å². The Balaban J connectivity index is 1.30. The molecule has 1 fully saturated rings. The third-order valence-electron chi connectivity index (χ3n) is 5.03. The van der Waals surface area contributed by atoms with Gasteiger partial charge in [0.05, 0.1) is 5.92 Å². The normalized spacial score (nSPS) is 16.6. The Morgan fingerprint density at radius 3 is 2.66 bits per heavy atom. The molecule has 2 aromatic heterocycles. The third-order valence-corrected chi connectivity index (χ3v) is 5.28. The van der Waals surface area contributed by atoms with Gasteiger partial charge in [-0.05, 0) is 49.1 Å². The van der Waals surface area contributed by atoms with Crippen LogP contribution in [-0.4, -0.2) is 50.5 Å². The number of nitrogens with zero attached hydrogens (tertiary/aromatic N) is 6. The van der Waals surface area contributed by atoms with E-state index in [1.54, 1.807) is 11.0 Å². The lowest BCUT2D eigenvalue weighted by atomic mass is 9.97. The lowest BCUT2D eigenvalue weighted by Gasteiger charge is -2.32. The molecule has 4 rings (SSSR count). The first-order valence-electron chi connectivity index (χ1n) is 9.65. The Hall–Kier alpha value is -3.00. The summed E-state index contributed by atoms with van der Waals surface area (Å²) >= 11 is 5.91. The van der Waals surface area contributed by atoms with Crippen molar-refractivity contribution in [1.82, 2.24) is 30.3 Å². The fourth-order valence-electron chi connectivity index (χ4n) is 3.46. The number of carbonyl (C=O) groups excluding carboxylic acids is 1. The fraction of sp³-hybridized carbons (Fsp3) is 0.350. The Morgan fingerprint density at radius 2 is 1.93 bits per heavy atom. The molecule has 3 heterocycles. The molecule has 1 unspecified atom stereocenters. The van der Waals surface area contributed by atoms with Gasteiger partial charge >= 0.3 is 0 Å². The van der Waals surface area contributed by atoms with Gasteiger partial charge in [-0.3, -0.25) is 4.79 Å². The Bertz CT molecular complexity index is 928. The maximum Gasteiger partial charge on any atom is 0.224 e. The van der Waals surface area contributed by atoms with Gasteiger partial charge in [-0.2, -0.15) is 5.10 Å². The number of amides is 1. The molecule has 1 aliphatic heterocycles. The van der Waals surface area contributed by atoms with Crippen molar-refractivity contribution in [3.63, 3.8) is 0 Å². The van der Waals surface area contributed by atoms with Crippen LogP contribution >= 0.6 is 11.6 Å². The van der Waals surface area contributed by atoms with Crippen molar-refractivity contribution >= 4 is 23.3 Å². The molecule has 1 atom stereocenters. The molecule has 0 spiro atoms. The van der Waals surface area contributed by atoms with Crippen LogP contribution in [0.15, 0.2) is 49.1 Å². The second-order valence-corrected chi connectivity index (χ2v) is 7.48. The van der Waals surface area contributed by atoms with Crippen LogP contribution in [0.4, 0.5) is 5.82 Å². The molecule has 3 aromatic rings. The van der Waals surface area contributed by atoms with Crippen molar-refractivity contribution in [3.8, 4) is 5.82 Å². The van der Waals surface area contributed by atoms with Crippen molar-refractivity contribution in [2.75, 3.05) is 24.5 Å². The summed E-state index contributed by atoms with van der Waals surface area (Å²) in [5.74, 6) is 1.42. The molecule has 0 bridgehead atoms. The summed E-state index contributed by atoms with van der Waals surface area (Å²) in [6, 6.07) is 11.5. The topological polar surface area (TPSA) is 88.8 Å². The van der Waals surface area contributed by atoms with E-state index in [4.69, 9.17) is 11.6 Å². The van der Waals surface area contributed by atoms with Gasteiger partial charge in [-0.1, -0.05) is 23.7 Å². The van der Waals surface area contributed by atoms with Gasteiger partial charge in [0.15, 0.2) is 11.6 Å². The number of halogens is 1. The zero-order chi connectivity index (χ0) is 20.1. The minimum Gasteiger partial charge on any atom is -0.355 e. The van der Waals surface area contributed by atoms with E-state index in [0.29, 0.717) is 18.9 Å². The maximum absolute atomic E-state index is 12.6. The van der Waals surface area contributed by atoms with E-state index in [0.717, 1.165) is 42.2 Å². The molecule has 1 saturated heterocycles. The Morgan fingerprint density at radius 1 is 1.14 bits per heavy atom. The van der Waals surface area contributed by atoms with Gasteiger partial charge < -0.3 is 10.2 Å². The van der Waals surface area contributed by atoms with Crippen molar-refractivity contribution in [2.45, 2.75) is 19.3 Å².